The Hall–Kier alpha value is -4.40. The van der Waals surface area contributed by atoms with Gasteiger partial charge in [-0.15, -0.1) is 13.2 Å². The molecule has 9 heteroatoms. The van der Waals surface area contributed by atoms with Gasteiger partial charge in [0, 0.05) is 23.5 Å². The number of methoxy groups -OCH3 is 3. The summed E-state index contributed by atoms with van der Waals surface area (Å²) >= 11 is 0. The molecule has 0 aromatic heterocycles. The molecule has 0 saturated heterocycles. The van der Waals surface area contributed by atoms with Crippen molar-refractivity contribution in [2.75, 3.05) is 26.6 Å². The highest BCUT2D eigenvalue weighted by molar-refractivity contribution is 6.04. The van der Waals surface area contributed by atoms with Crippen LogP contribution in [-0.4, -0.2) is 33.5 Å². The minimum Gasteiger partial charge on any atom is -0.493 e. The third-order valence-electron chi connectivity index (χ3n) is 4.92. The summed E-state index contributed by atoms with van der Waals surface area (Å²) in [6.07, 6.45) is 1.81. The molecule has 3 aromatic rings. The summed E-state index contributed by atoms with van der Waals surface area (Å²) in [6.45, 7) is 0. The summed E-state index contributed by atoms with van der Waals surface area (Å²) < 4.78 is 56.6. The summed E-state index contributed by atoms with van der Waals surface area (Å²) in [4.78, 5) is 12.2. The predicted molar refractivity (Wildman–Crippen MR) is 132 cm³/mol. The third kappa shape index (κ3) is 7.30. The Balaban J connectivity index is 1.59. The van der Waals surface area contributed by atoms with Crippen LogP contribution in [-0.2, 0) is 0 Å². The molecule has 1 N–H and O–H groups in total. The van der Waals surface area contributed by atoms with Crippen molar-refractivity contribution in [1.82, 2.24) is 0 Å². The van der Waals surface area contributed by atoms with E-state index in [1.165, 1.54) is 24.4 Å². The molecule has 3 rings (SSSR count). The zero-order chi connectivity index (χ0) is 26.1. The van der Waals surface area contributed by atoms with E-state index < -0.39 is 6.36 Å². The number of carbonyl (C=O) groups is 1. The number of rotatable bonds is 10. The van der Waals surface area contributed by atoms with E-state index in [9.17, 15) is 18.0 Å². The first-order valence-electron chi connectivity index (χ1n) is 10.6. The molecule has 0 bridgehead atoms. The van der Waals surface area contributed by atoms with Gasteiger partial charge in [-0.05, 0) is 59.7 Å². The molecule has 0 radical (unpaired) electrons. The number of alkyl halides is 3. The van der Waals surface area contributed by atoms with Crippen molar-refractivity contribution in [2.45, 2.75) is 6.36 Å². The Morgan fingerprint density at radius 3 is 1.92 bits per heavy atom. The van der Waals surface area contributed by atoms with Crippen LogP contribution in [0.2, 0.25) is 0 Å². The zero-order valence-corrected chi connectivity index (χ0v) is 19.8. The first-order valence-corrected chi connectivity index (χ1v) is 10.6. The Labute approximate surface area is 206 Å². The second-order valence-corrected chi connectivity index (χ2v) is 7.33. The minimum atomic E-state index is -4.78. The Kier molecular flexibility index (Phi) is 8.61. The van der Waals surface area contributed by atoms with Crippen molar-refractivity contribution < 1.29 is 36.9 Å². The first kappa shape index (κ1) is 26.2. The van der Waals surface area contributed by atoms with E-state index in [1.54, 1.807) is 21.3 Å². The number of nitrogens with one attached hydrogen (secondary N) is 1. The van der Waals surface area contributed by atoms with E-state index in [1.807, 2.05) is 48.6 Å². The molecule has 0 saturated carbocycles. The van der Waals surface area contributed by atoms with E-state index >= 15 is 0 Å². The van der Waals surface area contributed by atoms with Crippen molar-refractivity contribution in [3.8, 4) is 23.0 Å². The lowest BCUT2D eigenvalue weighted by Gasteiger charge is -2.12. The monoisotopic (exact) mass is 499 g/mol. The summed E-state index contributed by atoms with van der Waals surface area (Å²) in [5.41, 5.74) is 2.79. The van der Waals surface area contributed by atoms with Gasteiger partial charge in [0.2, 0.25) is 5.75 Å². The maximum Gasteiger partial charge on any atom is 0.573 e. The molecule has 0 amide bonds. The van der Waals surface area contributed by atoms with Gasteiger partial charge in [-0.25, -0.2) is 0 Å². The molecule has 3 aromatic carbocycles. The van der Waals surface area contributed by atoms with Crippen LogP contribution in [0.15, 0.2) is 72.9 Å². The fourth-order valence-corrected chi connectivity index (χ4v) is 3.21. The number of anilines is 1. The highest BCUT2D eigenvalue weighted by Gasteiger charge is 2.31. The summed E-state index contributed by atoms with van der Waals surface area (Å²) in [6, 6.07) is 15.9. The molecule has 0 unspecified atom stereocenters. The van der Waals surface area contributed by atoms with Gasteiger partial charge in [0.25, 0.3) is 0 Å². The normalized spacial score (nSPS) is 11.5. The fourth-order valence-electron chi connectivity index (χ4n) is 3.21. The molecule has 0 aliphatic heterocycles. The van der Waals surface area contributed by atoms with Crippen LogP contribution in [0.5, 0.6) is 23.0 Å². The number of hydrogen-bond donors (Lipinski definition) is 1. The molecule has 0 aliphatic carbocycles. The summed E-state index contributed by atoms with van der Waals surface area (Å²) in [5, 5.41) is 2.99. The molecular formula is C27H24F3NO5. The second-order valence-electron chi connectivity index (χ2n) is 7.33. The van der Waals surface area contributed by atoms with Gasteiger partial charge in [-0.1, -0.05) is 24.3 Å². The van der Waals surface area contributed by atoms with Gasteiger partial charge in [-0.3, -0.25) is 4.79 Å². The lowest BCUT2D eigenvalue weighted by molar-refractivity contribution is -0.274. The smallest absolute Gasteiger partial charge is 0.493 e. The van der Waals surface area contributed by atoms with Gasteiger partial charge < -0.3 is 24.3 Å². The van der Waals surface area contributed by atoms with Crippen molar-refractivity contribution in [3.63, 3.8) is 0 Å². The third-order valence-corrected chi connectivity index (χ3v) is 4.92. The SMILES string of the molecule is COc1cc(C=Cc2ccc(NC=CC(=O)c3ccc(OC(F)(F)F)cc3)cc2)cc(OC)c1OC. The van der Waals surface area contributed by atoms with E-state index in [0.717, 1.165) is 28.9 Å². The number of halogens is 3. The molecule has 0 heterocycles. The maximum absolute atomic E-state index is 12.2. The van der Waals surface area contributed by atoms with Crippen LogP contribution in [0.1, 0.15) is 21.5 Å². The molecule has 36 heavy (non-hydrogen) atoms. The van der Waals surface area contributed by atoms with Gasteiger partial charge in [0.15, 0.2) is 17.3 Å². The quantitative estimate of drug-likeness (QED) is 0.193. The molecule has 188 valence electrons. The van der Waals surface area contributed by atoms with Gasteiger partial charge in [-0.2, -0.15) is 0 Å². The Morgan fingerprint density at radius 1 is 0.806 bits per heavy atom. The predicted octanol–water partition coefficient (Wildman–Crippen LogP) is 6.59. The number of ketones is 1. The van der Waals surface area contributed by atoms with Crippen molar-refractivity contribution >= 4 is 23.6 Å². The fraction of sp³-hybridized carbons (Fsp3) is 0.148. The number of hydrogen-bond acceptors (Lipinski definition) is 6. The van der Waals surface area contributed by atoms with Gasteiger partial charge in [0.1, 0.15) is 5.75 Å². The van der Waals surface area contributed by atoms with Crippen LogP contribution in [0.4, 0.5) is 18.9 Å². The van der Waals surface area contributed by atoms with Crippen molar-refractivity contribution in [3.05, 3.63) is 89.6 Å². The van der Waals surface area contributed by atoms with Crippen LogP contribution in [0, 0.1) is 0 Å². The molecule has 0 spiro atoms. The highest BCUT2D eigenvalue weighted by atomic mass is 19.4. The van der Waals surface area contributed by atoms with E-state index in [-0.39, 0.29) is 17.1 Å². The van der Waals surface area contributed by atoms with E-state index in [2.05, 4.69) is 10.1 Å². The van der Waals surface area contributed by atoms with Crippen molar-refractivity contribution in [2.24, 2.45) is 0 Å². The molecular weight excluding hydrogens is 475 g/mol. The van der Waals surface area contributed by atoms with Gasteiger partial charge in [0.05, 0.1) is 21.3 Å². The first-order chi connectivity index (χ1) is 17.2. The lowest BCUT2D eigenvalue weighted by atomic mass is 10.1. The van der Waals surface area contributed by atoms with Crippen LogP contribution < -0.4 is 24.3 Å². The Bertz CT molecular complexity index is 1210. The lowest BCUT2D eigenvalue weighted by Crippen LogP contribution is -2.17. The van der Waals surface area contributed by atoms with Gasteiger partial charge >= 0.3 is 6.36 Å². The largest absolute Gasteiger partial charge is 0.573 e. The van der Waals surface area contributed by atoms with Crippen LogP contribution >= 0.6 is 0 Å². The molecule has 0 aliphatic rings. The van der Waals surface area contributed by atoms with E-state index in [0.29, 0.717) is 17.2 Å². The minimum absolute atomic E-state index is 0.231. The number of allylic oxidation sites excluding steroid dienone is 1. The molecule has 0 atom stereocenters. The second kappa shape index (κ2) is 11.8. The zero-order valence-electron chi connectivity index (χ0n) is 19.8. The summed E-state index contributed by atoms with van der Waals surface area (Å²) in [5.74, 6) is 0.879. The number of ether oxygens (including phenoxy) is 4. The Morgan fingerprint density at radius 2 is 1.39 bits per heavy atom. The molecule has 6 nitrogen and oxygen atoms in total. The summed E-state index contributed by atoms with van der Waals surface area (Å²) in [7, 11) is 4.66. The molecule has 0 fully saturated rings. The van der Waals surface area contributed by atoms with Crippen LogP contribution in [0.25, 0.3) is 12.2 Å². The highest BCUT2D eigenvalue weighted by Crippen LogP contribution is 2.38. The average Bonchev–Trinajstić information content (AvgIpc) is 2.86. The topological polar surface area (TPSA) is 66.0 Å². The maximum atomic E-state index is 12.2. The number of benzene rings is 3. The standard InChI is InChI=1S/C27H24F3NO5/c1-33-24-16-19(17-25(34-2)26(24)35-3)5-4-18-6-10-21(11-7-18)31-15-14-23(32)20-8-12-22(13-9-20)36-27(28,29)30/h4-17,31H,1-3H3. The average molecular weight is 499 g/mol. The van der Waals surface area contributed by atoms with Crippen molar-refractivity contribution in [1.29, 1.82) is 0 Å². The number of carbonyl (C=O) groups excluding carboxylic acids is 1. The van der Waals surface area contributed by atoms with E-state index in [4.69, 9.17) is 14.2 Å². The van der Waals surface area contributed by atoms with Crippen LogP contribution in [0.3, 0.4) is 0 Å².